The quantitative estimate of drug-likeness (QED) is 0.485. The summed E-state index contributed by atoms with van der Waals surface area (Å²) in [7, 11) is 0. The van der Waals surface area contributed by atoms with E-state index in [4.69, 9.17) is 19.5 Å². The molecular weight excluding hydrogens is 467 g/mol. The summed E-state index contributed by atoms with van der Waals surface area (Å²) in [6.07, 6.45) is -1.99. The summed E-state index contributed by atoms with van der Waals surface area (Å²) in [6, 6.07) is 15.0. The second-order valence-corrected chi connectivity index (χ2v) is 9.34. The van der Waals surface area contributed by atoms with E-state index in [9.17, 15) is 19.4 Å². The van der Waals surface area contributed by atoms with Crippen molar-refractivity contribution in [3.63, 3.8) is 0 Å². The molecule has 1 saturated heterocycles. The largest absolute Gasteiger partial charge is 0.390 e. The molecule has 1 aliphatic carbocycles. The molecule has 0 radical (unpaired) electrons. The third kappa shape index (κ3) is 6.27. The number of hydrogen-bond acceptors (Lipinski definition) is 7. The highest BCUT2D eigenvalue weighted by Gasteiger charge is 2.51. The molecule has 0 spiro atoms. The number of benzene rings is 2. The van der Waals surface area contributed by atoms with Crippen LogP contribution in [-0.2, 0) is 32.2 Å². The zero-order valence-electron chi connectivity index (χ0n) is 19.9. The molecule has 0 aromatic heterocycles. The van der Waals surface area contributed by atoms with E-state index in [0.717, 1.165) is 18.4 Å². The monoisotopic (exact) mass is 498 g/mol. The van der Waals surface area contributed by atoms with Gasteiger partial charge in [0.2, 0.25) is 0 Å². The van der Waals surface area contributed by atoms with E-state index in [0.29, 0.717) is 18.7 Å². The zero-order chi connectivity index (χ0) is 25.5. The number of aliphatic hydroxyl groups is 2. The summed E-state index contributed by atoms with van der Waals surface area (Å²) < 4.78 is 31.9. The van der Waals surface area contributed by atoms with Crippen molar-refractivity contribution in [1.29, 1.82) is 5.26 Å². The fourth-order valence-electron chi connectivity index (χ4n) is 4.64. The van der Waals surface area contributed by atoms with Crippen LogP contribution in [0.15, 0.2) is 48.5 Å². The van der Waals surface area contributed by atoms with Gasteiger partial charge in [0.1, 0.15) is 11.9 Å². The van der Waals surface area contributed by atoms with Crippen molar-refractivity contribution in [3.8, 4) is 6.07 Å². The normalized spacial score (nSPS) is 27.9. The molecule has 2 aromatic carbocycles. The molecule has 1 saturated carbocycles. The van der Waals surface area contributed by atoms with Crippen molar-refractivity contribution in [1.82, 2.24) is 5.32 Å². The Morgan fingerprint density at radius 3 is 2.64 bits per heavy atom. The number of nitrogens with one attached hydrogen (secondary N) is 1. The first-order chi connectivity index (χ1) is 17.4. The van der Waals surface area contributed by atoms with Crippen molar-refractivity contribution in [2.45, 2.75) is 68.9 Å². The Morgan fingerprint density at radius 1 is 1.17 bits per heavy atom. The van der Waals surface area contributed by atoms with Crippen molar-refractivity contribution < 1.29 is 33.6 Å². The van der Waals surface area contributed by atoms with Crippen LogP contribution in [0.25, 0.3) is 0 Å². The van der Waals surface area contributed by atoms with E-state index in [-0.39, 0.29) is 37.7 Å². The van der Waals surface area contributed by atoms with Gasteiger partial charge in [0.25, 0.3) is 5.91 Å². The lowest BCUT2D eigenvalue weighted by Crippen LogP contribution is -2.61. The average molecular weight is 499 g/mol. The van der Waals surface area contributed by atoms with Crippen molar-refractivity contribution in [3.05, 3.63) is 71.0 Å². The summed E-state index contributed by atoms with van der Waals surface area (Å²) in [5.74, 6) is -0.926. The molecule has 2 fully saturated rings. The second kappa shape index (κ2) is 11.9. The Balaban J connectivity index is 1.51. The number of ether oxygens (including phenoxy) is 3. The van der Waals surface area contributed by atoms with Crippen LogP contribution in [0.4, 0.5) is 4.39 Å². The van der Waals surface area contributed by atoms with Gasteiger partial charge < -0.3 is 29.7 Å². The maximum absolute atomic E-state index is 14.3. The summed E-state index contributed by atoms with van der Waals surface area (Å²) >= 11 is 0. The second-order valence-electron chi connectivity index (χ2n) is 9.34. The molecule has 0 bridgehead atoms. The lowest BCUT2D eigenvalue weighted by atomic mass is 9.78. The van der Waals surface area contributed by atoms with Crippen LogP contribution in [0.5, 0.6) is 0 Å². The minimum atomic E-state index is -1.55. The molecule has 2 unspecified atom stereocenters. The topological polar surface area (TPSA) is 121 Å². The van der Waals surface area contributed by atoms with Gasteiger partial charge in [0.15, 0.2) is 5.60 Å². The number of carbonyl (C=O) groups is 1. The fraction of sp³-hybridized carbons (Fsp3) is 0.481. The summed E-state index contributed by atoms with van der Waals surface area (Å²) in [6.45, 7) is 0.844. The third-order valence-electron chi connectivity index (χ3n) is 6.78. The van der Waals surface area contributed by atoms with Gasteiger partial charge in [0, 0.05) is 31.6 Å². The third-order valence-corrected chi connectivity index (χ3v) is 6.78. The standard InChI is InChI=1S/C27H31FN2O6/c28-22-6-2-1-4-20(22)17-36-27(26(33)30-15-21-5-3-11-34-21)12-23(31)25(32)24(13-27)35-16-19-9-7-18(14-29)8-10-19/h1-2,4,6-10,21,23-25,31-32H,3,5,11-13,15-17H2,(H,30,33)/t21?,23-,24?,25-,27+/m1/s1. The lowest BCUT2D eigenvalue weighted by Gasteiger charge is -2.44. The predicted molar refractivity (Wildman–Crippen MR) is 127 cm³/mol. The van der Waals surface area contributed by atoms with Crippen LogP contribution < -0.4 is 5.32 Å². The van der Waals surface area contributed by atoms with Gasteiger partial charge in [-0.3, -0.25) is 4.79 Å². The van der Waals surface area contributed by atoms with E-state index in [1.165, 1.54) is 6.07 Å². The Labute approximate surface area is 209 Å². The smallest absolute Gasteiger partial charge is 0.252 e. The molecule has 1 aliphatic heterocycles. The Bertz CT molecular complexity index is 1070. The highest BCUT2D eigenvalue weighted by Crippen LogP contribution is 2.36. The number of nitrogens with zero attached hydrogens (tertiary/aromatic N) is 1. The van der Waals surface area contributed by atoms with Gasteiger partial charge in [-0.15, -0.1) is 0 Å². The average Bonchev–Trinajstić information content (AvgIpc) is 3.42. The highest BCUT2D eigenvalue weighted by molar-refractivity contribution is 5.85. The molecule has 4 rings (SSSR count). The SMILES string of the molecule is N#Cc1ccc(COC2C[C@](OCc3ccccc3F)(C(=O)NCC3CCCO3)C[C@@H](O)[C@H]2O)cc1. The first kappa shape index (κ1) is 26.2. The highest BCUT2D eigenvalue weighted by atomic mass is 19.1. The summed E-state index contributed by atoms with van der Waals surface area (Å²) in [5, 5.41) is 33.2. The lowest BCUT2D eigenvalue weighted by molar-refractivity contribution is -0.200. The summed E-state index contributed by atoms with van der Waals surface area (Å²) in [5.41, 5.74) is 0.00582. The van der Waals surface area contributed by atoms with Gasteiger partial charge >= 0.3 is 0 Å². The van der Waals surface area contributed by atoms with Crippen molar-refractivity contribution in [2.24, 2.45) is 0 Å². The van der Waals surface area contributed by atoms with Crippen molar-refractivity contribution in [2.75, 3.05) is 13.2 Å². The minimum Gasteiger partial charge on any atom is -0.390 e. The molecule has 5 atom stereocenters. The Morgan fingerprint density at radius 2 is 1.94 bits per heavy atom. The van der Waals surface area contributed by atoms with Gasteiger partial charge in [-0.1, -0.05) is 30.3 Å². The maximum Gasteiger partial charge on any atom is 0.252 e. The van der Waals surface area contributed by atoms with Gasteiger partial charge in [-0.25, -0.2) is 4.39 Å². The molecule has 1 amide bonds. The number of aliphatic hydroxyl groups excluding tert-OH is 2. The van der Waals surface area contributed by atoms with Crippen LogP contribution in [0.3, 0.4) is 0 Å². The predicted octanol–water partition coefficient (Wildman–Crippen LogP) is 2.35. The van der Waals surface area contributed by atoms with Gasteiger partial charge in [-0.2, -0.15) is 5.26 Å². The molecule has 2 aromatic rings. The van der Waals surface area contributed by atoms with E-state index in [1.54, 1.807) is 42.5 Å². The minimum absolute atomic E-state index is 0.0344. The van der Waals surface area contributed by atoms with Gasteiger partial charge in [0.05, 0.1) is 43.2 Å². The number of amides is 1. The maximum atomic E-state index is 14.3. The molecule has 36 heavy (non-hydrogen) atoms. The van der Waals surface area contributed by atoms with Gasteiger partial charge in [-0.05, 0) is 36.6 Å². The zero-order valence-corrected chi connectivity index (χ0v) is 19.9. The van der Waals surface area contributed by atoms with Crippen LogP contribution in [0, 0.1) is 17.1 Å². The molecule has 8 nitrogen and oxygen atoms in total. The first-order valence-electron chi connectivity index (χ1n) is 12.1. The van der Waals surface area contributed by atoms with E-state index in [2.05, 4.69) is 5.32 Å². The number of nitriles is 1. The van der Waals surface area contributed by atoms with Crippen LogP contribution in [-0.4, -0.2) is 59.3 Å². The molecule has 1 heterocycles. The molecule has 2 aliphatic rings. The number of hydrogen-bond donors (Lipinski definition) is 3. The molecule has 192 valence electrons. The fourth-order valence-corrected chi connectivity index (χ4v) is 4.64. The number of carbonyl (C=O) groups excluding carboxylic acids is 1. The first-order valence-corrected chi connectivity index (χ1v) is 12.1. The number of halogens is 1. The van der Waals surface area contributed by atoms with Crippen LogP contribution >= 0.6 is 0 Å². The number of rotatable bonds is 9. The molecule has 3 N–H and O–H groups in total. The van der Waals surface area contributed by atoms with E-state index >= 15 is 0 Å². The van der Waals surface area contributed by atoms with E-state index in [1.807, 2.05) is 6.07 Å². The Hall–Kier alpha value is -2.87. The molecule has 9 heteroatoms. The van der Waals surface area contributed by atoms with Crippen LogP contribution in [0.1, 0.15) is 42.4 Å². The van der Waals surface area contributed by atoms with E-state index < -0.39 is 35.6 Å². The van der Waals surface area contributed by atoms with Crippen molar-refractivity contribution >= 4 is 5.91 Å². The van der Waals surface area contributed by atoms with Crippen LogP contribution in [0.2, 0.25) is 0 Å². The Kier molecular flexibility index (Phi) is 8.67. The summed E-state index contributed by atoms with van der Waals surface area (Å²) in [4.78, 5) is 13.5. The molecular formula is C27H31FN2O6.